The number of carbonyl (C=O) groups excluding carboxylic acids is 1. The number of phenols is 1. The average molecular weight is 257 g/mol. The van der Waals surface area contributed by atoms with Crippen LogP contribution in [-0.4, -0.2) is 10.9 Å². The highest BCUT2D eigenvalue weighted by atomic mass is 79.9. The van der Waals surface area contributed by atoms with Gasteiger partial charge in [-0.3, -0.25) is 4.79 Å². The first-order chi connectivity index (χ1) is 6.56. The maximum Gasteiger partial charge on any atom is 0.166 e. The first-order valence-electron chi connectivity index (χ1n) is 4.58. The molecular formula is C11H13BrO2. The molecule has 0 spiro atoms. The lowest BCUT2D eigenvalue weighted by molar-refractivity contribution is 0.0979. The van der Waals surface area contributed by atoms with Crippen molar-refractivity contribution in [3.63, 3.8) is 0 Å². The molecular weight excluding hydrogens is 244 g/mol. The molecule has 0 atom stereocenters. The zero-order chi connectivity index (χ0) is 10.7. The molecule has 0 fully saturated rings. The number of carbonyl (C=O) groups is 1. The molecule has 1 aromatic carbocycles. The number of phenolic OH excluding ortho intramolecular Hbond substituents is 1. The Morgan fingerprint density at radius 2 is 2.14 bits per heavy atom. The van der Waals surface area contributed by atoms with Crippen molar-refractivity contribution in [1.82, 2.24) is 0 Å². The van der Waals surface area contributed by atoms with Gasteiger partial charge in [-0.15, -0.1) is 0 Å². The molecule has 14 heavy (non-hydrogen) atoms. The Kier molecular flexibility index (Phi) is 3.69. The molecule has 0 radical (unpaired) electrons. The molecule has 0 aromatic heterocycles. The van der Waals surface area contributed by atoms with Gasteiger partial charge in [0.25, 0.3) is 0 Å². The largest absolute Gasteiger partial charge is 0.507 e. The van der Waals surface area contributed by atoms with E-state index in [1.165, 1.54) is 0 Å². The predicted molar refractivity (Wildman–Crippen MR) is 59.8 cm³/mol. The molecule has 0 heterocycles. The topological polar surface area (TPSA) is 37.3 Å². The van der Waals surface area contributed by atoms with E-state index in [1.54, 1.807) is 19.1 Å². The first-order valence-corrected chi connectivity index (χ1v) is 5.38. The van der Waals surface area contributed by atoms with Crippen molar-refractivity contribution >= 4 is 21.7 Å². The Bertz CT molecular complexity index is 359. The van der Waals surface area contributed by atoms with Crippen LogP contribution >= 0.6 is 15.9 Å². The number of hydrogen-bond acceptors (Lipinski definition) is 2. The fourth-order valence-corrected chi connectivity index (χ4v) is 1.88. The Balaban J connectivity index is 3.13. The summed E-state index contributed by atoms with van der Waals surface area (Å²) in [4.78, 5) is 11.6. The molecule has 3 heteroatoms. The minimum Gasteiger partial charge on any atom is -0.507 e. The van der Waals surface area contributed by atoms with E-state index in [9.17, 15) is 9.90 Å². The molecule has 76 valence electrons. The van der Waals surface area contributed by atoms with Crippen LogP contribution in [0.15, 0.2) is 16.6 Å². The normalized spacial score (nSPS) is 10.2. The number of ketones is 1. The van der Waals surface area contributed by atoms with Gasteiger partial charge >= 0.3 is 0 Å². The Labute approximate surface area is 92.1 Å². The third kappa shape index (κ3) is 2.35. The Hall–Kier alpha value is -0.830. The second-order valence-electron chi connectivity index (χ2n) is 3.29. The molecule has 1 N–H and O–H groups in total. The summed E-state index contributed by atoms with van der Waals surface area (Å²) < 4.78 is 0.826. The monoisotopic (exact) mass is 256 g/mol. The van der Waals surface area contributed by atoms with E-state index in [2.05, 4.69) is 15.9 Å². The lowest BCUT2D eigenvalue weighted by atomic mass is 10.0. The van der Waals surface area contributed by atoms with Crippen LogP contribution in [0.4, 0.5) is 0 Å². The second kappa shape index (κ2) is 4.60. The molecule has 0 aliphatic rings. The van der Waals surface area contributed by atoms with E-state index >= 15 is 0 Å². The van der Waals surface area contributed by atoms with E-state index in [0.717, 1.165) is 16.5 Å². The molecule has 1 aromatic rings. The fourth-order valence-electron chi connectivity index (χ4n) is 1.31. The third-order valence-corrected chi connectivity index (χ3v) is 2.50. The minimum atomic E-state index is -0.00519. The highest BCUT2D eigenvalue weighted by Gasteiger charge is 2.12. The van der Waals surface area contributed by atoms with Crippen LogP contribution in [0.2, 0.25) is 0 Å². The summed E-state index contributed by atoms with van der Waals surface area (Å²) >= 11 is 3.30. The molecule has 0 amide bonds. The number of Topliss-reactive ketones (excluding diaryl/α,β-unsaturated/α-hetero) is 1. The van der Waals surface area contributed by atoms with Crippen LogP contribution in [-0.2, 0) is 0 Å². The summed E-state index contributed by atoms with van der Waals surface area (Å²) in [6.45, 7) is 3.72. The smallest absolute Gasteiger partial charge is 0.166 e. The number of aryl methyl sites for hydroxylation is 1. The third-order valence-electron chi connectivity index (χ3n) is 2.04. The average Bonchev–Trinajstić information content (AvgIpc) is 2.11. The van der Waals surface area contributed by atoms with Gasteiger partial charge in [-0.2, -0.15) is 0 Å². The first kappa shape index (κ1) is 11.2. The molecule has 0 unspecified atom stereocenters. The summed E-state index contributed by atoms with van der Waals surface area (Å²) in [5.74, 6) is 0.0982. The summed E-state index contributed by atoms with van der Waals surface area (Å²) in [6, 6.07) is 3.46. The van der Waals surface area contributed by atoms with Gasteiger partial charge in [0.2, 0.25) is 0 Å². The van der Waals surface area contributed by atoms with E-state index < -0.39 is 0 Å². The molecule has 0 bridgehead atoms. The van der Waals surface area contributed by atoms with Gasteiger partial charge in [0.15, 0.2) is 5.78 Å². The molecule has 0 aliphatic heterocycles. The Morgan fingerprint density at radius 1 is 1.50 bits per heavy atom. The molecule has 0 aliphatic carbocycles. The highest BCUT2D eigenvalue weighted by Crippen LogP contribution is 2.27. The lowest BCUT2D eigenvalue weighted by Crippen LogP contribution is -1.99. The number of hydrogen-bond donors (Lipinski definition) is 1. The molecule has 1 rings (SSSR count). The van der Waals surface area contributed by atoms with Crippen molar-refractivity contribution in [1.29, 1.82) is 0 Å². The van der Waals surface area contributed by atoms with Crippen LogP contribution < -0.4 is 0 Å². The van der Waals surface area contributed by atoms with Crippen molar-refractivity contribution in [3.05, 3.63) is 27.7 Å². The van der Waals surface area contributed by atoms with Gasteiger partial charge in [0.1, 0.15) is 5.75 Å². The standard InChI is InChI=1S/C11H13BrO2/c1-3-4-10(13)9-6-8(12)5-7(2)11(9)14/h5-6,14H,3-4H2,1-2H3. The van der Waals surface area contributed by atoms with Crippen LogP contribution in [0.3, 0.4) is 0 Å². The zero-order valence-electron chi connectivity index (χ0n) is 8.30. The van der Waals surface area contributed by atoms with Gasteiger partial charge in [-0.1, -0.05) is 22.9 Å². The summed E-state index contributed by atoms with van der Waals surface area (Å²) in [7, 11) is 0. The van der Waals surface area contributed by atoms with Crippen LogP contribution in [0.25, 0.3) is 0 Å². The van der Waals surface area contributed by atoms with Gasteiger partial charge in [-0.25, -0.2) is 0 Å². The number of benzene rings is 1. The number of aromatic hydroxyl groups is 1. The minimum absolute atomic E-state index is 0.00519. The van der Waals surface area contributed by atoms with Crippen LogP contribution in [0.1, 0.15) is 35.7 Å². The summed E-state index contributed by atoms with van der Waals surface area (Å²) in [5.41, 5.74) is 1.14. The van der Waals surface area contributed by atoms with Crippen molar-refractivity contribution in [2.45, 2.75) is 26.7 Å². The van der Waals surface area contributed by atoms with Gasteiger partial charge in [0.05, 0.1) is 5.56 Å². The van der Waals surface area contributed by atoms with E-state index in [1.807, 2.05) is 6.92 Å². The number of halogens is 1. The summed E-state index contributed by atoms with van der Waals surface area (Å²) in [6.07, 6.45) is 1.27. The van der Waals surface area contributed by atoms with Crippen molar-refractivity contribution in [2.75, 3.05) is 0 Å². The SMILES string of the molecule is CCCC(=O)c1cc(Br)cc(C)c1O. The van der Waals surface area contributed by atoms with Gasteiger partial charge in [0, 0.05) is 10.9 Å². The van der Waals surface area contributed by atoms with E-state index in [4.69, 9.17) is 0 Å². The van der Waals surface area contributed by atoms with Gasteiger partial charge in [-0.05, 0) is 31.0 Å². The molecule has 0 saturated carbocycles. The van der Waals surface area contributed by atoms with Crippen molar-refractivity contribution in [2.24, 2.45) is 0 Å². The quantitative estimate of drug-likeness (QED) is 0.842. The predicted octanol–water partition coefficient (Wildman–Crippen LogP) is 3.45. The highest BCUT2D eigenvalue weighted by molar-refractivity contribution is 9.10. The van der Waals surface area contributed by atoms with Crippen LogP contribution in [0, 0.1) is 6.92 Å². The van der Waals surface area contributed by atoms with Crippen molar-refractivity contribution in [3.8, 4) is 5.75 Å². The van der Waals surface area contributed by atoms with Crippen LogP contribution in [0.5, 0.6) is 5.75 Å². The van der Waals surface area contributed by atoms with E-state index in [0.29, 0.717) is 12.0 Å². The maximum absolute atomic E-state index is 11.6. The lowest BCUT2D eigenvalue weighted by Gasteiger charge is -2.06. The summed E-state index contributed by atoms with van der Waals surface area (Å²) in [5, 5.41) is 9.68. The maximum atomic E-state index is 11.6. The Morgan fingerprint density at radius 3 is 2.71 bits per heavy atom. The van der Waals surface area contributed by atoms with Crippen molar-refractivity contribution < 1.29 is 9.90 Å². The molecule has 0 saturated heterocycles. The fraction of sp³-hybridized carbons (Fsp3) is 0.364. The van der Waals surface area contributed by atoms with E-state index in [-0.39, 0.29) is 11.5 Å². The zero-order valence-corrected chi connectivity index (χ0v) is 9.89. The molecule has 2 nitrogen and oxygen atoms in total. The second-order valence-corrected chi connectivity index (χ2v) is 4.21. The van der Waals surface area contributed by atoms with Gasteiger partial charge < -0.3 is 5.11 Å². The number of rotatable bonds is 3.